The zero-order chi connectivity index (χ0) is 13.1. The highest BCUT2D eigenvalue weighted by molar-refractivity contribution is 5.20. The van der Waals surface area contributed by atoms with Crippen molar-refractivity contribution in [1.82, 2.24) is 4.90 Å². The van der Waals surface area contributed by atoms with Crippen LogP contribution >= 0.6 is 0 Å². The van der Waals surface area contributed by atoms with E-state index >= 15 is 0 Å². The second-order valence-electron chi connectivity index (χ2n) is 6.31. The Kier molecular flexibility index (Phi) is 3.90. The van der Waals surface area contributed by atoms with Gasteiger partial charge in [0, 0.05) is 12.1 Å². The number of benzene rings is 1. The molecule has 1 saturated carbocycles. The molecule has 2 aliphatic rings. The fourth-order valence-corrected chi connectivity index (χ4v) is 4.05. The molecule has 1 heterocycles. The topological polar surface area (TPSA) is 29.3 Å². The molecule has 0 unspecified atom stereocenters. The van der Waals surface area contributed by atoms with Gasteiger partial charge < -0.3 is 5.73 Å². The first-order valence-corrected chi connectivity index (χ1v) is 7.84. The van der Waals surface area contributed by atoms with Crippen molar-refractivity contribution in [2.24, 2.45) is 5.73 Å². The number of hydrogen-bond acceptors (Lipinski definition) is 2. The minimum Gasteiger partial charge on any atom is -0.329 e. The lowest BCUT2D eigenvalue weighted by molar-refractivity contribution is 0.0744. The van der Waals surface area contributed by atoms with Crippen LogP contribution in [0.3, 0.4) is 0 Å². The summed E-state index contributed by atoms with van der Waals surface area (Å²) in [5.74, 6) is 0.753. The van der Waals surface area contributed by atoms with E-state index in [1.807, 2.05) is 0 Å². The maximum atomic E-state index is 6.16. The summed E-state index contributed by atoms with van der Waals surface area (Å²) in [6, 6.07) is 11.0. The van der Waals surface area contributed by atoms with E-state index in [4.69, 9.17) is 5.73 Å². The smallest absolute Gasteiger partial charge is 0.0332 e. The molecule has 1 aliphatic carbocycles. The highest BCUT2D eigenvalue weighted by Gasteiger charge is 2.40. The highest BCUT2D eigenvalue weighted by Crippen LogP contribution is 2.41. The third-order valence-corrected chi connectivity index (χ3v) is 5.34. The van der Waals surface area contributed by atoms with Crippen LogP contribution in [0, 0.1) is 0 Å². The molecule has 1 aromatic carbocycles. The van der Waals surface area contributed by atoms with Gasteiger partial charge in [-0.1, -0.05) is 30.3 Å². The Bertz CT molecular complexity index is 387. The summed E-state index contributed by atoms with van der Waals surface area (Å²) in [6.07, 6.45) is 7.90. The summed E-state index contributed by atoms with van der Waals surface area (Å²) in [5.41, 5.74) is 8.00. The summed E-state index contributed by atoms with van der Waals surface area (Å²) < 4.78 is 0. The van der Waals surface area contributed by atoms with Crippen molar-refractivity contribution in [2.45, 2.75) is 50.0 Å². The van der Waals surface area contributed by atoms with Gasteiger partial charge in [0.05, 0.1) is 0 Å². The number of hydrogen-bond donors (Lipinski definition) is 1. The second kappa shape index (κ2) is 5.64. The zero-order valence-corrected chi connectivity index (χ0v) is 11.9. The molecule has 0 atom stereocenters. The van der Waals surface area contributed by atoms with E-state index in [1.54, 1.807) is 0 Å². The number of nitrogens with zero attached hydrogens (tertiary/aromatic N) is 1. The average Bonchev–Trinajstić information content (AvgIpc) is 3.03. The van der Waals surface area contributed by atoms with E-state index in [0.29, 0.717) is 5.54 Å². The normalized spacial score (nSPS) is 32.6. The van der Waals surface area contributed by atoms with Gasteiger partial charge in [0.1, 0.15) is 0 Å². The Morgan fingerprint density at radius 1 is 1.05 bits per heavy atom. The molecule has 2 heteroatoms. The van der Waals surface area contributed by atoms with Crippen molar-refractivity contribution in [2.75, 3.05) is 19.6 Å². The van der Waals surface area contributed by atoms with Gasteiger partial charge >= 0.3 is 0 Å². The third kappa shape index (κ3) is 2.56. The molecule has 0 aromatic heterocycles. The van der Waals surface area contributed by atoms with Gasteiger partial charge in [-0.25, -0.2) is 0 Å². The van der Waals surface area contributed by atoms with Crippen molar-refractivity contribution < 1.29 is 0 Å². The molecule has 0 bridgehead atoms. The van der Waals surface area contributed by atoms with Crippen LogP contribution < -0.4 is 5.73 Å². The average molecular weight is 258 g/mol. The fourth-order valence-electron chi connectivity index (χ4n) is 4.05. The van der Waals surface area contributed by atoms with Gasteiger partial charge in [0.15, 0.2) is 0 Å². The predicted molar refractivity (Wildman–Crippen MR) is 80.2 cm³/mol. The molecule has 1 aliphatic heterocycles. The van der Waals surface area contributed by atoms with Crippen molar-refractivity contribution in [3.05, 3.63) is 35.9 Å². The van der Waals surface area contributed by atoms with Gasteiger partial charge in [-0.05, 0) is 63.1 Å². The number of nitrogens with two attached hydrogens (primary N) is 1. The maximum Gasteiger partial charge on any atom is 0.0332 e. The molecule has 2 N–H and O–H groups in total. The standard InChI is InChI=1S/C17H26N2/c18-14-17(19-12-4-5-13-19)10-8-16(9-11-17)15-6-2-1-3-7-15/h1-3,6-7,16H,4-5,8-14,18H2. The van der Waals surface area contributed by atoms with Crippen LogP contribution in [-0.4, -0.2) is 30.1 Å². The minimum atomic E-state index is 0.321. The van der Waals surface area contributed by atoms with Gasteiger partial charge in [0.2, 0.25) is 0 Å². The van der Waals surface area contributed by atoms with Crippen LogP contribution in [0.1, 0.15) is 50.0 Å². The molecule has 0 spiro atoms. The fraction of sp³-hybridized carbons (Fsp3) is 0.647. The third-order valence-electron chi connectivity index (χ3n) is 5.34. The van der Waals surface area contributed by atoms with Crippen LogP contribution in [0.15, 0.2) is 30.3 Å². The van der Waals surface area contributed by atoms with Crippen LogP contribution in [0.5, 0.6) is 0 Å². The highest BCUT2D eigenvalue weighted by atomic mass is 15.2. The first-order chi connectivity index (χ1) is 9.34. The Morgan fingerprint density at radius 2 is 1.68 bits per heavy atom. The van der Waals surface area contributed by atoms with Crippen LogP contribution in [0.4, 0.5) is 0 Å². The summed E-state index contributed by atoms with van der Waals surface area (Å²) in [4.78, 5) is 2.69. The Morgan fingerprint density at radius 3 is 2.26 bits per heavy atom. The van der Waals surface area contributed by atoms with E-state index < -0.39 is 0 Å². The first kappa shape index (κ1) is 13.1. The lowest BCUT2D eigenvalue weighted by atomic mass is 9.73. The molecule has 0 radical (unpaired) electrons. The van der Waals surface area contributed by atoms with Crippen molar-refractivity contribution >= 4 is 0 Å². The van der Waals surface area contributed by atoms with Crippen molar-refractivity contribution in [1.29, 1.82) is 0 Å². The molecule has 2 fully saturated rings. The molecule has 3 rings (SSSR count). The summed E-state index contributed by atoms with van der Waals surface area (Å²) in [7, 11) is 0. The van der Waals surface area contributed by atoms with Gasteiger partial charge in [-0.15, -0.1) is 0 Å². The lowest BCUT2D eigenvalue weighted by Gasteiger charge is -2.46. The molecule has 0 amide bonds. The van der Waals surface area contributed by atoms with Crippen molar-refractivity contribution in [3.63, 3.8) is 0 Å². The molecule has 19 heavy (non-hydrogen) atoms. The Balaban J connectivity index is 1.67. The first-order valence-electron chi connectivity index (χ1n) is 7.84. The van der Waals surface area contributed by atoms with Crippen LogP contribution in [-0.2, 0) is 0 Å². The van der Waals surface area contributed by atoms with E-state index in [0.717, 1.165) is 12.5 Å². The van der Waals surface area contributed by atoms with E-state index in [9.17, 15) is 0 Å². The van der Waals surface area contributed by atoms with E-state index in [1.165, 1.54) is 57.2 Å². The zero-order valence-electron chi connectivity index (χ0n) is 11.9. The summed E-state index contributed by atoms with van der Waals surface area (Å²) in [6.45, 7) is 3.38. The Labute approximate surface area is 117 Å². The summed E-state index contributed by atoms with van der Waals surface area (Å²) >= 11 is 0. The quantitative estimate of drug-likeness (QED) is 0.902. The van der Waals surface area contributed by atoms with Crippen LogP contribution in [0.2, 0.25) is 0 Å². The van der Waals surface area contributed by atoms with Gasteiger partial charge in [-0.2, -0.15) is 0 Å². The van der Waals surface area contributed by atoms with Crippen molar-refractivity contribution in [3.8, 4) is 0 Å². The minimum absolute atomic E-state index is 0.321. The molecule has 104 valence electrons. The molecule has 1 aromatic rings. The predicted octanol–water partition coefficient (Wildman–Crippen LogP) is 3.14. The summed E-state index contributed by atoms with van der Waals surface area (Å²) in [5, 5.41) is 0. The molecule has 2 nitrogen and oxygen atoms in total. The van der Waals surface area contributed by atoms with Gasteiger partial charge in [-0.3, -0.25) is 4.90 Å². The second-order valence-corrected chi connectivity index (χ2v) is 6.31. The molecule has 1 saturated heterocycles. The Hall–Kier alpha value is -0.860. The lowest BCUT2D eigenvalue weighted by Crippen LogP contribution is -2.54. The van der Waals surface area contributed by atoms with Crippen LogP contribution in [0.25, 0.3) is 0 Å². The van der Waals surface area contributed by atoms with E-state index in [2.05, 4.69) is 35.2 Å². The largest absolute Gasteiger partial charge is 0.329 e. The molecular formula is C17H26N2. The monoisotopic (exact) mass is 258 g/mol. The maximum absolute atomic E-state index is 6.16. The number of likely N-dealkylation sites (tertiary alicyclic amines) is 1. The van der Waals surface area contributed by atoms with Gasteiger partial charge in [0.25, 0.3) is 0 Å². The SMILES string of the molecule is NCC1(N2CCCC2)CCC(c2ccccc2)CC1. The van der Waals surface area contributed by atoms with E-state index in [-0.39, 0.29) is 0 Å². The molecular weight excluding hydrogens is 232 g/mol. The number of rotatable bonds is 3.